The Morgan fingerprint density at radius 3 is 2.64 bits per heavy atom. The van der Waals surface area contributed by atoms with Crippen molar-refractivity contribution in [3.63, 3.8) is 0 Å². The lowest BCUT2D eigenvalue weighted by atomic mass is 9.88. The monoisotopic (exact) mass is 146 g/mol. The maximum atomic E-state index is 9.24. The molecule has 0 unspecified atom stereocenters. The summed E-state index contributed by atoms with van der Waals surface area (Å²) in [5, 5.41) is 9.24. The molecule has 2 heteroatoms. The van der Waals surface area contributed by atoms with Crippen LogP contribution >= 0.6 is 0 Å². The molecule has 11 heavy (non-hydrogen) atoms. The van der Waals surface area contributed by atoms with E-state index in [4.69, 9.17) is 7.85 Å². The van der Waals surface area contributed by atoms with Gasteiger partial charge in [-0.3, -0.25) is 0 Å². The maximum absolute atomic E-state index is 9.24. The average Bonchev–Trinajstić information content (AvgIpc) is 1.97. The second kappa shape index (κ2) is 2.99. The summed E-state index contributed by atoms with van der Waals surface area (Å²) >= 11 is 0. The first kappa shape index (κ1) is 8.18. The topological polar surface area (TPSA) is 20.2 Å². The molecule has 1 aromatic carbocycles. The minimum Gasteiger partial charge on any atom is -0.508 e. The molecule has 0 atom stereocenters. The Bertz CT molecular complexity index is 269. The van der Waals surface area contributed by atoms with Gasteiger partial charge in [0.05, 0.1) is 0 Å². The molecule has 0 spiro atoms. The van der Waals surface area contributed by atoms with Crippen molar-refractivity contribution >= 4 is 13.3 Å². The highest BCUT2D eigenvalue weighted by Gasteiger charge is 1.99. The molecule has 0 bridgehead atoms. The van der Waals surface area contributed by atoms with E-state index in [-0.39, 0.29) is 5.75 Å². The fraction of sp³-hybridized carbons (Fsp3) is 0.333. The molecule has 0 saturated carbocycles. The van der Waals surface area contributed by atoms with E-state index in [1.54, 1.807) is 6.07 Å². The smallest absolute Gasteiger partial charge is 0.117 e. The van der Waals surface area contributed by atoms with Crippen LogP contribution in [0.2, 0.25) is 0 Å². The van der Waals surface area contributed by atoms with Crippen LogP contribution in [-0.2, 0) is 6.42 Å². The van der Waals surface area contributed by atoms with Gasteiger partial charge in [-0.1, -0.05) is 24.0 Å². The molecule has 1 aromatic rings. The number of phenols is 1. The first-order valence-electron chi connectivity index (χ1n) is 3.73. The molecule has 0 aliphatic carbocycles. The number of aromatic hydroxyl groups is 1. The van der Waals surface area contributed by atoms with E-state index >= 15 is 0 Å². The zero-order valence-corrected chi connectivity index (χ0v) is 6.89. The van der Waals surface area contributed by atoms with E-state index in [0.717, 1.165) is 17.5 Å². The Morgan fingerprint density at radius 1 is 1.45 bits per heavy atom. The standard InChI is InChI=1S/C9H11BO/c1-3-7-4-6(2)9(11)5-8(7)10/h4-5,11H,3H2,1-2H3. The van der Waals surface area contributed by atoms with Gasteiger partial charge in [-0.05, 0) is 25.0 Å². The summed E-state index contributed by atoms with van der Waals surface area (Å²) in [5.74, 6) is 0.278. The number of hydrogen-bond donors (Lipinski definition) is 1. The van der Waals surface area contributed by atoms with E-state index in [9.17, 15) is 5.11 Å². The van der Waals surface area contributed by atoms with Crippen molar-refractivity contribution in [3.8, 4) is 5.75 Å². The molecule has 0 aliphatic heterocycles. The van der Waals surface area contributed by atoms with Crippen LogP contribution < -0.4 is 5.46 Å². The molecule has 0 saturated heterocycles. The van der Waals surface area contributed by atoms with Crippen LogP contribution in [0.4, 0.5) is 0 Å². The summed E-state index contributed by atoms with van der Waals surface area (Å²) in [7, 11) is 5.64. The van der Waals surface area contributed by atoms with Crippen LogP contribution in [0.15, 0.2) is 12.1 Å². The Hall–Kier alpha value is -0.915. The highest BCUT2D eigenvalue weighted by Crippen LogP contribution is 2.14. The van der Waals surface area contributed by atoms with Crippen LogP contribution in [0.5, 0.6) is 5.75 Å². The van der Waals surface area contributed by atoms with Gasteiger partial charge < -0.3 is 5.11 Å². The van der Waals surface area contributed by atoms with Crippen molar-refractivity contribution in [2.75, 3.05) is 0 Å². The normalized spacial score (nSPS) is 10.0. The van der Waals surface area contributed by atoms with Gasteiger partial charge in [0.1, 0.15) is 13.6 Å². The molecule has 0 aliphatic rings. The summed E-state index contributed by atoms with van der Waals surface area (Å²) in [6.45, 7) is 3.91. The molecule has 0 heterocycles. The van der Waals surface area contributed by atoms with Gasteiger partial charge in [-0.25, -0.2) is 0 Å². The number of phenolic OH excluding ortho intramolecular Hbond substituents is 1. The molecule has 1 nitrogen and oxygen atoms in total. The molecule has 0 aromatic heterocycles. The minimum atomic E-state index is 0.278. The van der Waals surface area contributed by atoms with Crippen LogP contribution in [0.25, 0.3) is 0 Å². The number of aryl methyl sites for hydroxylation is 2. The number of benzene rings is 1. The molecule has 0 fully saturated rings. The Labute approximate surface area is 68.5 Å². The van der Waals surface area contributed by atoms with Gasteiger partial charge in [0.25, 0.3) is 0 Å². The van der Waals surface area contributed by atoms with Gasteiger partial charge in [-0.2, -0.15) is 0 Å². The molecular formula is C9H11BO. The van der Waals surface area contributed by atoms with Crippen molar-refractivity contribution < 1.29 is 5.11 Å². The predicted molar refractivity (Wildman–Crippen MR) is 47.6 cm³/mol. The first-order valence-corrected chi connectivity index (χ1v) is 3.73. The summed E-state index contributed by atoms with van der Waals surface area (Å²) in [4.78, 5) is 0. The van der Waals surface area contributed by atoms with E-state index in [1.165, 1.54) is 0 Å². The fourth-order valence-electron chi connectivity index (χ4n) is 1.08. The van der Waals surface area contributed by atoms with Crippen molar-refractivity contribution in [2.24, 2.45) is 0 Å². The average molecular weight is 146 g/mol. The predicted octanol–water partition coefficient (Wildman–Crippen LogP) is 1.06. The Kier molecular flexibility index (Phi) is 2.23. The zero-order chi connectivity index (χ0) is 8.43. The van der Waals surface area contributed by atoms with Crippen molar-refractivity contribution in [3.05, 3.63) is 23.3 Å². The van der Waals surface area contributed by atoms with Crippen LogP contribution in [0.3, 0.4) is 0 Å². The lowest BCUT2D eigenvalue weighted by Gasteiger charge is -2.06. The third kappa shape index (κ3) is 1.56. The van der Waals surface area contributed by atoms with Crippen LogP contribution in [-0.4, -0.2) is 13.0 Å². The molecule has 1 rings (SSSR count). The largest absolute Gasteiger partial charge is 0.508 e. The Morgan fingerprint density at radius 2 is 2.09 bits per heavy atom. The van der Waals surface area contributed by atoms with Crippen molar-refractivity contribution in [2.45, 2.75) is 20.3 Å². The van der Waals surface area contributed by atoms with Gasteiger partial charge >= 0.3 is 0 Å². The lowest BCUT2D eigenvalue weighted by Crippen LogP contribution is -2.09. The maximum Gasteiger partial charge on any atom is 0.117 e. The number of hydrogen-bond acceptors (Lipinski definition) is 1. The third-order valence-electron chi connectivity index (χ3n) is 1.84. The van der Waals surface area contributed by atoms with Crippen LogP contribution in [0, 0.1) is 6.92 Å². The van der Waals surface area contributed by atoms with Gasteiger partial charge in [-0.15, -0.1) is 0 Å². The van der Waals surface area contributed by atoms with E-state index in [0.29, 0.717) is 5.46 Å². The minimum absolute atomic E-state index is 0.278. The molecule has 2 radical (unpaired) electrons. The molecule has 0 amide bonds. The molecular weight excluding hydrogens is 135 g/mol. The second-order valence-corrected chi connectivity index (χ2v) is 2.69. The van der Waals surface area contributed by atoms with Crippen LogP contribution in [0.1, 0.15) is 18.1 Å². The van der Waals surface area contributed by atoms with E-state index < -0.39 is 0 Å². The highest BCUT2D eigenvalue weighted by molar-refractivity contribution is 6.33. The quantitative estimate of drug-likeness (QED) is 0.587. The van der Waals surface area contributed by atoms with E-state index in [2.05, 4.69) is 0 Å². The Balaban J connectivity index is 3.21. The second-order valence-electron chi connectivity index (χ2n) is 2.69. The summed E-state index contributed by atoms with van der Waals surface area (Å²) in [6, 6.07) is 3.53. The summed E-state index contributed by atoms with van der Waals surface area (Å²) in [6.07, 6.45) is 0.910. The third-order valence-corrected chi connectivity index (χ3v) is 1.84. The van der Waals surface area contributed by atoms with Gasteiger partial charge in [0.15, 0.2) is 0 Å². The lowest BCUT2D eigenvalue weighted by molar-refractivity contribution is 0.471. The van der Waals surface area contributed by atoms with Crippen molar-refractivity contribution in [1.29, 1.82) is 0 Å². The summed E-state index contributed by atoms with van der Waals surface area (Å²) in [5.41, 5.74) is 2.66. The van der Waals surface area contributed by atoms with Gasteiger partial charge in [0.2, 0.25) is 0 Å². The molecule has 56 valence electrons. The summed E-state index contributed by atoms with van der Waals surface area (Å²) < 4.78 is 0. The zero-order valence-electron chi connectivity index (χ0n) is 6.89. The number of rotatable bonds is 1. The van der Waals surface area contributed by atoms with Gasteiger partial charge in [0, 0.05) is 0 Å². The highest BCUT2D eigenvalue weighted by atomic mass is 16.3. The SMILES string of the molecule is [B]c1cc(O)c(C)cc1CC. The fourth-order valence-corrected chi connectivity index (χ4v) is 1.08. The van der Waals surface area contributed by atoms with E-state index in [1.807, 2.05) is 19.9 Å². The van der Waals surface area contributed by atoms with Crippen molar-refractivity contribution in [1.82, 2.24) is 0 Å². The first-order chi connectivity index (χ1) is 5.15. The molecule has 1 N–H and O–H groups in total.